The van der Waals surface area contributed by atoms with E-state index in [1.165, 1.54) is 17.8 Å². The largest absolute Gasteiger partial charge is 0.0622 e. The fraction of sp³-hybridized carbons (Fsp3) is 1.00. The lowest BCUT2D eigenvalue weighted by Gasteiger charge is -2.47. The van der Waals surface area contributed by atoms with Crippen LogP contribution in [0.3, 0.4) is 0 Å². The topological polar surface area (TPSA) is 0 Å². The van der Waals surface area contributed by atoms with Crippen molar-refractivity contribution in [3.8, 4) is 0 Å². The first-order valence-corrected chi connectivity index (χ1v) is 7.61. The average Bonchev–Trinajstić information content (AvgIpc) is 2.92. The maximum absolute atomic E-state index is 2.62. The summed E-state index contributed by atoms with van der Waals surface area (Å²) in [5, 5.41) is 0. The molecule has 6 unspecified atom stereocenters. The predicted molar refractivity (Wildman–Crippen MR) is 67.0 cm³/mol. The monoisotopic (exact) mass is 218 g/mol. The first kappa shape index (κ1) is 9.97. The first-order chi connectivity index (χ1) is 7.61. The zero-order chi connectivity index (χ0) is 11.1. The molecule has 0 aromatic carbocycles. The van der Waals surface area contributed by atoms with Crippen LogP contribution in [0.5, 0.6) is 0 Å². The van der Waals surface area contributed by atoms with Crippen LogP contribution in [0.25, 0.3) is 0 Å². The van der Waals surface area contributed by atoms with Gasteiger partial charge in [0.05, 0.1) is 0 Å². The maximum Gasteiger partial charge on any atom is -0.0269 e. The first-order valence-electron chi connectivity index (χ1n) is 7.61. The second-order valence-corrected chi connectivity index (χ2v) is 7.95. The summed E-state index contributed by atoms with van der Waals surface area (Å²) < 4.78 is 0. The molecule has 0 N–H and O–H groups in total. The van der Waals surface area contributed by atoms with Crippen molar-refractivity contribution in [2.24, 2.45) is 46.8 Å². The summed E-state index contributed by atoms with van der Waals surface area (Å²) in [6.07, 6.45) is 7.98. The molecule has 0 heteroatoms. The van der Waals surface area contributed by atoms with Gasteiger partial charge in [0.1, 0.15) is 0 Å². The third-order valence-electron chi connectivity index (χ3n) is 7.48. The number of hydrogen-bond acceptors (Lipinski definition) is 0. The zero-order valence-corrected chi connectivity index (χ0v) is 11.1. The standard InChI is InChI=1S/C16H26/c1-9(2)16(3)8-12-7-13(16)15-11-5-4-10(6-11)14(12)15/h9-15H,4-8H2,1-3H3/t10?,11?,12?,13?,14?,15?,16-/m0/s1. The van der Waals surface area contributed by atoms with Crippen molar-refractivity contribution in [1.82, 2.24) is 0 Å². The summed E-state index contributed by atoms with van der Waals surface area (Å²) in [4.78, 5) is 0. The lowest BCUT2D eigenvalue weighted by Crippen LogP contribution is -2.41. The number of fused-ring (bicyclic) bond motifs is 9. The molecule has 0 saturated heterocycles. The van der Waals surface area contributed by atoms with Gasteiger partial charge in [0.2, 0.25) is 0 Å². The molecule has 0 radical (unpaired) electrons. The summed E-state index contributed by atoms with van der Waals surface area (Å²) >= 11 is 0. The minimum absolute atomic E-state index is 0.705. The summed E-state index contributed by atoms with van der Waals surface area (Å²) in [6, 6.07) is 0. The minimum Gasteiger partial charge on any atom is -0.0622 e. The van der Waals surface area contributed by atoms with Crippen LogP contribution in [-0.4, -0.2) is 0 Å². The van der Waals surface area contributed by atoms with Crippen molar-refractivity contribution in [2.45, 2.75) is 52.9 Å². The van der Waals surface area contributed by atoms with Gasteiger partial charge in [-0.25, -0.2) is 0 Å². The number of hydrogen-bond donors (Lipinski definition) is 0. The predicted octanol–water partition coefficient (Wildman–Crippen LogP) is 4.35. The van der Waals surface area contributed by atoms with Gasteiger partial charge in [-0.3, -0.25) is 0 Å². The van der Waals surface area contributed by atoms with Gasteiger partial charge in [-0.1, -0.05) is 20.8 Å². The second-order valence-electron chi connectivity index (χ2n) is 7.95. The SMILES string of the molecule is CC(C)[C@]1(C)CC2CC1C1C3CCC(C3)C21. The highest BCUT2D eigenvalue weighted by Crippen LogP contribution is 2.72. The van der Waals surface area contributed by atoms with E-state index < -0.39 is 0 Å². The lowest BCUT2D eigenvalue weighted by atomic mass is 9.58. The van der Waals surface area contributed by atoms with Crippen molar-refractivity contribution >= 4 is 0 Å². The Bertz CT molecular complexity index is 318. The van der Waals surface area contributed by atoms with Gasteiger partial charge in [0.25, 0.3) is 0 Å². The smallest absolute Gasteiger partial charge is 0.0269 e. The quantitative estimate of drug-likeness (QED) is 0.574. The van der Waals surface area contributed by atoms with E-state index in [9.17, 15) is 0 Å². The summed E-state index contributed by atoms with van der Waals surface area (Å²) in [5.74, 6) is 7.84. The van der Waals surface area contributed by atoms with Crippen LogP contribution in [0.1, 0.15) is 52.9 Å². The Morgan fingerprint density at radius 1 is 0.938 bits per heavy atom. The van der Waals surface area contributed by atoms with Crippen LogP contribution in [0.4, 0.5) is 0 Å². The van der Waals surface area contributed by atoms with Crippen molar-refractivity contribution in [3.05, 3.63) is 0 Å². The van der Waals surface area contributed by atoms with Crippen LogP contribution in [-0.2, 0) is 0 Å². The fourth-order valence-electron chi connectivity index (χ4n) is 6.63. The fourth-order valence-corrected chi connectivity index (χ4v) is 6.63. The van der Waals surface area contributed by atoms with Crippen LogP contribution in [0, 0.1) is 46.8 Å². The molecule has 0 aromatic heterocycles. The van der Waals surface area contributed by atoms with E-state index >= 15 is 0 Å². The van der Waals surface area contributed by atoms with Gasteiger partial charge < -0.3 is 0 Å². The highest BCUT2D eigenvalue weighted by atomic mass is 14.7. The van der Waals surface area contributed by atoms with Gasteiger partial charge in [-0.05, 0) is 78.9 Å². The molecule has 90 valence electrons. The Kier molecular flexibility index (Phi) is 1.79. The molecule has 0 spiro atoms. The molecule has 0 aliphatic heterocycles. The molecular formula is C16H26. The summed E-state index contributed by atoms with van der Waals surface area (Å²) in [6.45, 7) is 7.57. The van der Waals surface area contributed by atoms with Crippen molar-refractivity contribution in [1.29, 1.82) is 0 Å². The van der Waals surface area contributed by atoms with Gasteiger partial charge >= 0.3 is 0 Å². The van der Waals surface area contributed by atoms with E-state index in [0.717, 1.165) is 23.7 Å². The van der Waals surface area contributed by atoms with E-state index in [2.05, 4.69) is 20.8 Å². The molecule has 0 heterocycles. The van der Waals surface area contributed by atoms with Gasteiger partial charge in [0, 0.05) is 0 Å². The summed E-state index contributed by atoms with van der Waals surface area (Å²) in [7, 11) is 0. The van der Waals surface area contributed by atoms with Gasteiger partial charge in [-0.2, -0.15) is 0 Å². The molecule has 0 amide bonds. The Balaban J connectivity index is 1.70. The highest BCUT2D eigenvalue weighted by Gasteiger charge is 2.65. The molecule has 4 rings (SSSR count). The van der Waals surface area contributed by atoms with Crippen LogP contribution < -0.4 is 0 Å². The molecule has 4 aliphatic rings. The van der Waals surface area contributed by atoms with Gasteiger partial charge in [0.15, 0.2) is 0 Å². The Morgan fingerprint density at radius 3 is 2.31 bits per heavy atom. The third kappa shape index (κ3) is 0.946. The average molecular weight is 218 g/mol. The molecule has 4 fully saturated rings. The van der Waals surface area contributed by atoms with Crippen molar-refractivity contribution in [3.63, 3.8) is 0 Å². The normalized spacial score (nSPS) is 62.2. The van der Waals surface area contributed by atoms with Gasteiger partial charge in [-0.15, -0.1) is 0 Å². The Hall–Kier alpha value is 0. The Labute approximate surface area is 100 Å². The van der Waals surface area contributed by atoms with Crippen LogP contribution in [0.15, 0.2) is 0 Å². The molecule has 0 aromatic rings. The zero-order valence-electron chi connectivity index (χ0n) is 11.1. The van der Waals surface area contributed by atoms with Crippen LogP contribution in [0.2, 0.25) is 0 Å². The molecule has 4 bridgehead atoms. The van der Waals surface area contributed by atoms with Crippen molar-refractivity contribution in [2.75, 3.05) is 0 Å². The molecule has 16 heavy (non-hydrogen) atoms. The van der Waals surface area contributed by atoms with E-state index in [4.69, 9.17) is 0 Å². The van der Waals surface area contributed by atoms with Crippen LogP contribution >= 0.6 is 0 Å². The molecule has 7 atom stereocenters. The maximum atomic E-state index is 2.62. The highest BCUT2D eigenvalue weighted by molar-refractivity contribution is 5.14. The number of rotatable bonds is 1. The lowest BCUT2D eigenvalue weighted by molar-refractivity contribution is 0.0145. The van der Waals surface area contributed by atoms with E-state index in [-0.39, 0.29) is 0 Å². The van der Waals surface area contributed by atoms with Crippen molar-refractivity contribution < 1.29 is 0 Å². The van der Waals surface area contributed by atoms with E-state index in [0.29, 0.717) is 5.41 Å². The third-order valence-corrected chi connectivity index (χ3v) is 7.48. The van der Waals surface area contributed by atoms with E-state index in [1.807, 2.05) is 0 Å². The molecule has 0 nitrogen and oxygen atoms in total. The summed E-state index contributed by atoms with van der Waals surface area (Å²) in [5.41, 5.74) is 0.705. The second kappa shape index (κ2) is 2.87. The molecule has 4 aliphatic carbocycles. The molecular weight excluding hydrogens is 192 g/mol. The molecule has 4 saturated carbocycles. The Morgan fingerprint density at radius 2 is 1.62 bits per heavy atom. The minimum atomic E-state index is 0.705. The van der Waals surface area contributed by atoms with E-state index in [1.54, 1.807) is 32.1 Å².